The van der Waals surface area contributed by atoms with Gasteiger partial charge in [0.1, 0.15) is 11.6 Å². The molecule has 0 bridgehead atoms. The van der Waals surface area contributed by atoms with Gasteiger partial charge in [0.15, 0.2) is 0 Å². The van der Waals surface area contributed by atoms with Crippen molar-refractivity contribution in [1.29, 1.82) is 0 Å². The molecule has 24 heavy (non-hydrogen) atoms. The molecule has 0 amide bonds. The van der Waals surface area contributed by atoms with Crippen LogP contribution in [0.5, 0.6) is 0 Å². The van der Waals surface area contributed by atoms with Gasteiger partial charge in [-0.25, -0.2) is 0 Å². The van der Waals surface area contributed by atoms with Gasteiger partial charge in [-0.2, -0.15) is 0 Å². The third-order valence-corrected chi connectivity index (χ3v) is 5.15. The van der Waals surface area contributed by atoms with E-state index >= 15 is 0 Å². The average Bonchev–Trinajstić information content (AvgIpc) is 2.84. The molecule has 0 spiro atoms. The van der Waals surface area contributed by atoms with Gasteiger partial charge >= 0.3 is 0 Å². The molecule has 0 aliphatic carbocycles. The number of piperidine rings is 1. The van der Waals surface area contributed by atoms with Crippen LogP contribution in [0.1, 0.15) is 30.1 Å². The van der Waals surface area contributed by atoms with Crippen molar-refractivity contribution in [2.75, 3.05) is 26.3 Å². The van der Waals surface area contributed by atoms with Crippen molar-refractivity contribution < 1.29 is 4.74 Å². The Labute approximate surface area is 142 Å². The molecule has 6 nitrogen and oxygen atoms in total. The van der Waals surface area contributed by atoms with Crippen LogP contribution in [0.3, 0.4) is 0 Å². The minimum absolute atomic E-state index is 0.762. The van der Waals surface area contributed by atoms with E-state index in [0.717, 1.165) is 69.8 Å². The van der Waals surface area contributed by atoms with Crippen LogP contribution in [0, 0.1) is 5.92 Å². The summed E-state index contributed by atoms with van der Waals surface area (Å²) in [6.07, 6.45) is 8.37. The molecule has 0 aromatic carbocycles. The SMILES string of the molecule is c1cncc(CC2CCN(Cc3nnc4n3CCOCC4)CC2)c1. The summed E-state index contributed by atoms with van der Waals surface area (Å²) >= 11 is 0. The molecule has 1 fully saturated rings. The molecule has 6 heteroatoms. The molecule has 128 valence electrons. The third-order valence-electron chi connectivity index (χ3n) is 5.15. The fourth-order valence-electron chi connectivity index (χ4n) is 3.75. The van der Waals surface area contributed by atoms with E-state index in [0.29, 0.717) is 0 Å². The molecule has 2 aromatic rings. The number of hydrogen-bond acceptors (Lipinski definition) is 5. The Morgan fingerprint density at radius 1 is 1.12 bits per heavy atom. The molecule has 4 heterocycles. The quantitative estimate of drug-likeness (QED) is 0.855. The van der Waals surface area contributed by atoms with E-state index in [1.807, 2.05) is 18.5 Å². The Morgan fingerprint density at radius 3 is 2.88 bits per heavy atom. The molecule has 0 atom stereocenters. The highest BCUT2D eigenvalue weighted by Gasteiger charge is 2.22. The smallest absolute Gasteiger partial charge is 0.147 e. The van der Waals surface area contributed by atoms with Crippen LogP contribution in [0.15, 0.2) is 24.5 Å². The number of likely N-dealkylation sites (tertiary alicyclic amines) is 1. The molecule has 2 aliphatic heterocycles. The Bertz CT molecular complexity index is 649. The minimum atomic E-state index is 0.762. The molecular weight excluding hydrogens is 302 g/mol. The van der Waals surface area contributed by atoms with Gasteiger partial charge in [-0.15, -0.1) is 10.2 Å². The van der Waals surface area contributed by atoms with Crippen LogP contribution < -0.4 is 0 Å². The summed E-state index contributed by atoms with van der Waals surface area (Å²) in [5.41, 5.74) is 1.36. The number of hydrogen-bond donors (Lipinski definition) is 0. The molecule has 0 unspecified atom stereocenters. The highest BCUT2D eigenvalue weighted by atomic mass is 16.5. The standard InChI is InChI=1S/C18H25N5O/c1-2-16(13-19-6-1)12-15-3-7-22(8-4-15)14-18-21-20-17-5-10-24-11-9-23(17)18/h1-2,6,13,15H,3-5,7-12,14H2. The summed E-state index contributed by atoms with van der Waals surface area (Å²) in [4.78, 5) is 6.74. The highest BCUT2D eigenvalue weighted by molar-refractivity contribution is 5.09. The van der Waals surface area contributed by atoms with Crippen molar-refractivity contribution in [1.82, 2.24) is 24.6 Å². The lowest BCUT2D eigenvalue weighted by atomic mass is 9.91. The Kier molecular flexibility index (Phi) is 4.85. The fourth-order valence-corrected chi connectivity index (χ4v) is 3.75. The molecule has 0 N–H and O–H groups in total. The number of aromatic nitrogens is 4. The normalized spacial score (nSPS) is 19.8. The molecule has 0 radical (unpaired) electrons. The van der Waals surface area contributed by atoms with Crippen molar-refractivity contribution >= 4 is 0 Å². The van der Waals surface area contributed by atoms with Gasteiger partial charge in [-0.3, -0.25) is 9.88 Å². The van der Waals surface area contributed by atoms with Crippen molar-refractivity contribution in [3.8, 4) is 0 Å². The lowest BCUT2D eigenvalue weighted by Crippen LogP contribution is -2.34. The molecule has 2 aromatic heterocycles. The van der Waals surface area contributed by atoms with E-state index in [1.54, 1.807) is 0 Å². The second-order valence-electron chi connectivity index (χ2n) is 6.83. The van der Waals surface area contributed by atoms with Crippen molar-refractivity contribution in [2.45, 2.75) is 38.8 Å². The van der Waals surface area contributed by atoms with Gasteiger partial charge in [0, 0.05) is 25.4 Å². The summed E-state index contributed by atoms with van der Waals surface area (Å²) in [5, 5.41) is 8.78. The first-order chi connectivity index (χ1) is 11.9. The predicted molar refractivity (Wildman–Crippen MR) is 90.5 cm³/mol. The van der Waals surface area contributed by atoms with Gasteiger partial charge < -0.3 is 9.30 Å². The van der Waals surface area contributed by atoms with E-state index in [4.69, 9.17) is 4.74 Å². The second kappa shape index (κ2) is 7.40. The van der Waals surface area contributed by atoms with E-state index < -0.39 is 0 Å². The summed E-state index contributed by atoms with van der Waals surface area (Å²) < 4.78 is 7.80. The average molecular weight is 327 g/mol. The maximum atomic E-state index is 5.54. The van der Waals surface area contributed by atoms with Crippen LogP contribution in [0.2, 0.25) is 0 Å². The van der Waals surface area contributed by atoms with Crippen LogP contribution in [-0.2, 0) is 30.7 Å². The van der Waals surface area contributed by atoms with Gasteiger partial charge in [-0.1, -0.05) is 6.07 Å². The zero-order valence-electron chi connectivity index (χ0n) is 14.1. The maximum Gasteiger partial charge on any atom is 0.147 e. The van der Waals surface area contributed by atoms with E-state index in [9.17, 15) is 0 Å². The van der Waals surface area contributed by atoms with Gasteiger partial charge in [0.2, 0.25) is 0 Å². The van der Waals surface area contributed by atoms with E-state index in [-0.39, 0.29) is 0 Å². The van der Waals surface area contributed by atoms with Crippen LogP contribution in [0.4, 0.5) is 0 Å². The molecule has 1 saturated heterocycles. The van der Waals surface area contributed by atoms with Crippen molar-refractivity contribution in [3.05, 3.63) is 41.7 Å². The first-order valence-electron chi connectivity index (χ1n) is 8.98. The largest absolute Gasteiger partial charge is 0.379 e. The summed E-state index contributed by atoms with van der Waals surface area (Å²) in [6, 6.07) is 4.22. The monoisotopic (exact) mass is 327 g/mol. The second-order valence-corrected chi connectivity index (χ2v) is 6.83. The minimum Gasteiger partial charge on any atom is -0.379 e. The number of ether oxygens (including phenoxy) is 1. The number of nitrogens with zero attached hydrogens (tertiary/aromatic N) is 5. The summed E-state index contributed by atoms with van der Waals surface area (Å²) in [6.45, 7) is 5.61. The highest BCUT2D eigenvalue weighted by Crippen LogP contribution is 2.22. The number of fused-ring (bicyclic) bond motifs is 1. The van der Waals surface area contributed by atoms with Gasteiger partial charge in [0.05, 0.1) is 19.8 Å². The first kappa shape index (κ1) is 15.7. The van der Waals surface area contributed by atoms with Gasteiger partial charge in [-0.05, 0) is 49.9 Å². The van der Waals surface area contributed by atoms with Crippen LogP contribution in [-0.4, -0.2) is 51.0 Å². The fraction of sp³-hybridized carbons (Fsp3) is 0.611. The Hall–Kier alpha value is -1.79. The van der Waals surface area contributed by atoms with E-state index in [1.165, 1.54) is 18.4 Å². The van der Waals surface area contributed by atoms with Gasteiger partial charge in [0.25, 0.3) is 0 Å². The zero-order valence-corrected chi connectivity index (χ0v) is 14.1. The molecule has 4 rings (SSSR count). The summed E-state index contributed by atoms with van der Waals surface area (Å²) in [7, 11) is 0. The molecule has 2 aliphatic rings. The lowest BCUT2D eigenvalue weighted by molar-refractivity contribution is 0.137. The van der Waals surface area contributed by atoms with Crippen LogP contribution >= 0.6 is 0 Å². The lowest BCUT2D eigenvalue weighted by Gasteiger charge is -2.31. The first-order valence-corrected chi connectivity index (χ1v) is 8.98. The Morgan fingerprint density at radius 2 is 2.04 bits per heavy atom. The van der Waals surface area contributed by atoms with Crippen molar-refractivity contribution in [3.63, 3.8) is 0 Å². The predicted octanol–water partition coefficient (Wildman–Crippen LogP) is 1.70. The topological polar surface area (TPSA) is 56.1 Å². The maximum absolute atomic E-state index is 5.54. The van der Waals surface area contributed by atoms with E-state index in [2.05, 4.69) is 30.7 Å². The van der Waals surface area contributed by atoms with Crippen molar-refractivity contribution in [2.24, 2.45) is 5.92 Å². The Balaban J connectivity index is 1.31. The number of pyridine rings is 1. The molecule has 0 saturated carbocycles. The molecular formula is C18H25N5O. The third kappa shape index (κ3) is 3.65. The summed E-state index contributed by atoms with van der Waals surface area (Å²) in [5.74, 6) is 2.95. The number of rotatable bonds is 4. The zero-order chi connectivity index (χ0) is 16.2. The van der Waals surface area contributed by atoms with Crippen LogP contribution in [0.25, 0.3) is 0 Å².